The van der Waals surface area contributed by atoms with Gasteiger partial charge >= 0.3 is 0 Å². The summed E-state index contributed by atoms with van der Waals surface area (Å²) in [4.78, 5) is 2.85. The molecule has 0 unspecified atom stereocenters. The van der Waals surface area contributed by atoms with E-state index in [0.29, 0.717) is 6.07 Å². The van der Waals surface area contributed by atoms with E-state index in [1.165, 1.54) is 6.07 Å². The van der Waals surface area contributed by atoms with Gasteiger partial charge in [-0.2, -0.15) is 9.65 Å². The van der Waals surface area contributed by atoms with Crippen LogP contribution in [-0.2, 0) is 0 Å². The van der Waals surface area contributed by atoms with Crippen LogP contribution in [0.5, 0.6) is 5.75 Å². The van der Waals surface area contributed by atoms with E-state index in [9.17, 15) is 13.2 Å². The maximum absolute atomic E-state index is 12.5. The van der Waals surface area contributed by atoms with Crippen molar-refractivity contribution in [3.8, 4) is 11.8 Å². The number of hydrogen-bond donors (Lipinski definition) is 1. The molecular formula is C7H3F3N2O. The fourth-order valence-corrected chi connectivity index (χ4v) is 0.751. The second-order valence-corrected chi connectivity index (χ2v) is 2.15. The van der Waals surface area contributed by atoms with Crippen molar-refractivity contribution in [3.05, 3.63) is 23.3 Å². The molecule has 1 aromatic heterocycles. The van der Waals surface area contributed by atoms with Crippen molar-refractivity contribution in [2.75, 3.05) is 0 Å². The molecule has 0 aliphatic heterocycles. The van der Waals surface area contributed by atoms with E-state index in [1.54, 1.807) is 0 Å². The van der Waals surface area contributed by atoms with Crippen molar-refractivity contribution < 1.29 is 18.3 Å². The lowest BCUT2D eigenvalue weighted by atomic mass is 10.2. The van der Waals surface area contributed by atoms with Crippen LogP contribution in [0.3, 0.4) is 0 Å². The maximum Gasteiger partial charge on any atom is 0.266 e. The molecule has 0 bridgehead atoms. The first kappa shape index (κ1) is 9.32. The summed E-state index contributed by atoms with van der Waals surface area (Å²) in [6, 6.07) is 1.79. The van der Waals surface area contributed by atoms with Gasteiger partial charge < -0.3 is 5.11 Å². The lowest BCUT2D eigenvalue weighted by Crippen LogP contribution is -1.97. The van der Waals surface area contributed by atoms with E-state index in [2.05, 4.69) is 4.98 Å². The van der Waals surface area contributed by atoms with Gasteiger partial charge in [-0.05, 0) is 6.07 Å². The molecule has 1 aromatic rings. The first-order valence-corrected chi connectivity index (χ1v) is 3.14. The number of nitriles is 1. The molecular weight excluding hydrogens is 185 g/mol. The fourth-order valence-electron chi connectivity index (χ4n) is 0.751. The van der Waals surface area contributed by atoms with Crippen molar-refractivity contribution in [1.29, 1.82) is 5.26 Å². The lowest BCUT2D eigenvalue weighted by Gasteiger charge is -2.02. The van der Waals surface area contributed by atoms with Crippen molar-refractivity contribution in [2.45, 2.75) is 6.43 Å². The van der Waals surface area contributed by atoms with E-state index < -0.39 is 29.4 Å². The van der Waals surface area contributed by atoms with E-state index >= 15 is 0 Å². The highest BCUT2D eigenvalue weighted by molar-refractivity contribution is 5.37. The average molecular weight is 188 g/mol. The van der Waals surface area contributed by atoms with Crippen LogP contribution < -0.4 is 0 Å². The number of aromatic hydroxyl groups is 1. The molecule has 0 radical (unpaired) electrons. The largest absolute Gasteiger partial charge is 0.504 e. The summed E-state index contributed by atoms with van der Waals surface area (Å²) >= 11 is 0. The van der Waals surface area contributed by atoms with Gasteiger partial charge in [0.05, 0.1) is 5.56 Å². The third-order valence-electron chi connectivity index (χ3n) is 1.33. The smallest absolute Gasteiger partial charge is 0.266 e. The van der Waals surface area contributed by atoms with Gasteiger partial charge in [0.1, 0.15) is 6.07 Å². The third kappa shape index (κ3) is 1.69. The molecule has 68 valence electrons. The molecule has 0 aliphatic rings. The van der Waals surface area contributed by atoms with Crippen molar-refractivity contribution in [1.82, 2.24) is 4.98 Å². The predicted octanol–water partition coefficient (Wildman–Crippen LogP) is 1.74. The Kier molecular flexibility index (Phi) is 2.37. The standard InChI is InChI=1S/C7H3F3N2O/c8-6(9)3-1-5(13)7(10)12-4(3)2-11/h1,6,13H. The van der Waals surface area contributed by atoms with Gasteiger partial charge in [-0.3, -0.25) is 0 Å². The van der Waals surface area contributed by atoms with Gasteiger partial charge in [-0.1, -0.05) is 0 Å². The quantitative estimate of drug-likeness (QED) is 0.683. The van der Waals surface area contributed by atoms with Crippen LogP contribution in [0.1, 0.15) is 17.7 Å². The number of rotatable bonds is 1. The van der Waals surface area contributed by atoms with Gasteiger partial charge in [0.25, 0.3) is 12.4 Å². The molecule has 0 aromatic carbocycles. The number of aromatic nitrogens is 1. The highest BCUT2D eigenvalue weighted by atomic mass is 19.3. The molecule has 6 heteroatoms. The van der Waals surface area contributed by atoms with Crippen LogP contribution in [0.25, 0.3) is 0 Å². The molecule has 13 heavy (non-hydrogen) atoms. The van der Waals surface area contributed by atoms with E-state index in [1.807, 2.05) is 0 Å². The molecule has 3 nitrogen and oxygen atoms in total. The minimum Gasteiger partial charge on any atom is -0.504 e. The van der Waals surface area contributed by atoms with Gasteiger partial charge in [0.15, 0.2) is 11.4 Å². The summed E-state index contributed by atoms with van der Waals surface area (Å²) in [6.07, 6.45) is -2.96. The third-order valence-corrected chi connectivity index (χ3v) is 1.33. The Labute approximate surface area is 71.1 Å². The van der Waals surface area contributed by atoms with E-state index in [4.69, 9.17) is 10.4 Å². The average Bonchev–Trinajstić information content (AvgIpc) is 2.08. The molecule has 0 atom stereocenters. The summed E-state index contributed by atoms with van der Waals surface area (Å²) in [5, 5.41) is 17.0. The van der Waals surface area contributed by atoms with Crippen molar-refractivity contribution in [2.24, 2.45) is 0 Å². The summed E-state index contributed by atoms with van der Waals surface area (Å²) in [6.45, 7) is 0. The van der Waals surface area contributed by atoms with Gasteiger partial charge in [-0.15, -0.1) is 0 Å². The van der Waals surface area contributed by atoms with Crippen molar-refractivity contribution in [3.63, 3.8) is 0 Å². The number of alkyl halides is 2. The Balaban J connectivity index is 3.35. The number of halogens is 3. The topological polar surface area (TPSA) is 56.9 Å². The second kappa shape index (κ2) is 3.31. The predicted molar refractivity (Wildman–Crippen MR) is 35.5 cm³/mol. The Bertz CT molecular complexity index is 373. The summed E-state index contributed by atoms with van der Waals surface area (Å²) < 4.78 is 36.7. The molecule has 1 heterocycles. The Morgan fingerprint density at radius 2 is 2.15 bits per heavy atom. The number of pyridine rings is 1. The zero-order valence-corrected chi connectivity index (χ0v) is 6.13. The zero-order chi connectivity index (χ0) is 10.0. The molecule has 1 rings (SSSR count). The van der Waals surface area contributed by atoms with E-state index in [0.717, 1.165) is 0 Å². The second-order valence-electron chi connectivity index (χ2n) is 2.15. The summed E-state index contributed by atoms with van der Waals surface area (Å²) in [5.41, 5.74) is -1.49. The maximum atomic E-state index is 12.5. The molecule has 0 spiro atoms. The molecule has 0 amide bonds. The Morgan fingerprint density at radius 3 is 2.62 bits per heavy atom. The minimum absolute atomic E-state index is 0.492. The highest BCUT2D eigenvalue weighted by Gasteiger charge is 2.17. The van der Waals surface area contributed by atoms with Crippen LogP contribution in [0.4, 0.5) is 13.2 Å². The first-order chi connectivity index (χ1) is 6.06. The van der Waals surface area contributed by atoms with Crippen LogP contribution in [0.2, 0.25) is 0 Å². The summed E-state index contributed by atoms with van der Waals surface area (Å²) in [5.74, 6) is -2.32. The van der Waals surface area contributed by atoms with Crippen LogP contribution in [-0.4, -0.2) is 10.1 Å². The SMILES string of the molecule is N#Cc1nc(F)c(O)cc1C(F)F. The molecule has 0 fully saturated rings. The highest BCUT2D eigenvalue weighted by Crippen LogP contribution is 2.26. The number of nitrogens with zero attached hydrogens (tertiary/aromatic N) is 2. The van der Waals surface area contributed by atoms with Crippen LogP contribution in [0, 0.1) is 17.3 Å². The Hall–Kier alpha value is -1.77. The van der Waals surface area contributed by atoms with E-state index in [-0.39, 0.29) is 0 Å². The fraction of sp³-hybridized carbons (Fsp3) is 0.143. The molecule has 0 saturated carbocycles. The first-order valence-electron chi connectivity index (χ1n) is 3.14. The molecule has 0 saturated heterocycles. The zero-order valence-electron chi connectivity index (χ0n) is 6.13. The van der Waals surface area contributed by atoms with Gasteiger partial charge in [-0.25, -0.2) is 13.8 Å². The van der Waals surface area contributed by atoms with Crippen molar-refractivity contribution >= 4 is 0 Å². The van der Waals surface area contributed by atoms with Crippen LogP contribution in [0.15, 0.2) is 6.07 Å². The lowest BCUT2D eigenvalue weighted by molar-refractivity contribution is 0.150. The summed E-state index contributed by atoms with van der Waals surface area (Å²) in [7, 11) is 0. The number of hydrogen-bond acceptors (Lipinski definition) is 3. The van der Waals surface area contributed by atoms with Crippen LogP contribution >= 0.6 is 0 Å². The van der Waals surface area contributed by atoms with Gasteiger partial charge in [0, 0.05) is 0 Å². The Morgan fingerprint density at radius 1 is 1.54 bits per heavy atom. The monoisotopic (exact) mass is 188 g/mol. The van der Waals surface area contributed by atoms with Gasteiger partial charge in [0.2, 0.25) is 0 Å². The normalized spacial score (nSPS) is 10.1. The molecule has 0 aliphatic carbocycles. The molecule has 1 N–H and O–H groups in total. The minimum atomic E-state index is -2.96.